The molecule has 0 aliphatic heterocycles. The Hall–Kier alpha value is -2.17. The monoisotopic (exact) mass is 315 g/mol. The van der Waals surface area contributed by atoms with Gasteiger partial charge in [0, 0.05) is 7.05 Å². The van der Waals surface area contributed by atoms with Crippen LogP contribution in [0.15, 0.2) is 30.3 Å². The average Bonchev–Trinajstić information content (AvgIpc) is 2.92. The van der Waals surface area contributed by atoms with Crippen LogP contribution in [-0.4, -0.2) is 15.7 Å². The number of hydrogen-bond donors (Lipinski definition) is 1. The highest BCUT2D eigenvalue weighted by atomic mass is 19.1. The first kappa shape index (κ1) is 15.7. The van der Waals surface area contributed by atoms with Crippen LogP contribution in [0.4, 0.5) is 4.39 Å². The van der Waals surface area contributed by atoms with Gasteiger partial charge in [-0.05, 0) is 42.5 Å². The molecule has 0 radical (unpaired) electrons. The Morgan fingerprint density at radius 1 is 1.35 bits per heavy atom. The molecule has 0 unspecified atom stereocenters. The van der Waals surface area contributed by atoms with E-state index < -0.39 is 5.41 Å². The number of carbonyl (C=O) groups excluding carboxylic acids is 1. The van der Waals surface area contributed by atoms with Crippen molar-refractivity contribution in [3.8, 4) is 0 Å². The second kappa shape index (κ2) is 5.18. The Morgan fingerprint density at radius 2 is 1.96 bits per heavy atom. The van der Waals surface area contributed by atoms with E-state index in [2.05, 4.69) is 24.3 Å². The summed E-state index contributed by atoms with van der Waals surface area (Å²) in [6.45, 7) is 6.51. The van der Waals surface area contributed by atoms with Gasteiger partial charge in [0.15, 0.2) is 0 Å². The number of nitrogens with zero attached hydrogens (tertiary/aromatic N) is 2. The second-order valence-corrected chi connectivity index (χ2v) is 7.06. The molecular formula is C18H22FN3O. The average molecular weight is 315 g/mol. The number of benzene rings is 1. The van der Waals surface area contributed by atoms with E-state index in [0.717, 1.165) is 23.4 Å². The SMILES string of the molecule is Cc1cc(CNC(=O)[C@@]2(c3ccc(F)cc3)CC2(C)C)n(C)n1. The lowest BCUT2D eigenvalue weighted by atomic mass is 9.87. The van der Waals surface area contributed by atoms with Gasteiger partial charge >= 0.3 is 0 Å². The summed E-state index contributed by atoms with van der Waals surface area (Å²) in [6.07, 6.45) is 0.766. The van der Waals surface area contributed by atoms with Crippen LogP contribution in [0.1, 0.15) is 37.2 Å². The van der Waals surface area contributed by atoms with Crippen molar-refractivity contribution in [3.63, 3.8) is 0 Å². The number of carbonyl (C=O) groups is 1. The smallest absolute Gasteiger partial charge is 0.231 e. The van der Waals surface area contributed by atoms with E-state index in [0.29, 0.717) is 6.54 Å². The molecule has 1 aromatic heterocycles. The van der Waals surface area contributed by atoms with Gasteiger partial charge < -0.3 is 5.32 Å². The van der Waals surface area contributed by atoms with Crippen LogP contribution < -0.4 is 5.32 Å². The molecule has 3 rings (SSSR count). The molecular weight excluding hydrogens is 293 g/mol. The Bertz CT molecular complexity index is 748. The number of aromatic nitrogens is 2. The molecule has 1 aliphatic rings. The number of nitrogens with one attached hydrogen (secondary N) is 1. The molecule has 2 aromatic rings. The summed E-state index contributed by atoms with van der Waals surface area (Å²) in [5, 5.41) is 7.32. The molecule has 23 heavy (non-hydrogen) atoms. The molecule has 4 nitrogen and oxygen atoms in total. The van der Waals surface area contributed by atoms with Gasteiger partial charge in [-0.15, -0.1) is 0 Å². The van der Waals surface area contributed by atoms with Crippen LogP contribution in [0.2, 0.25) is 0 Å². The molecule has 1 amide bonds. The molecule has 1 N–H and O–H groups in total. The maximum absolute atomic E-state index is 13.2. The molecule has 122 valence electrons. The molecule has 0 saturated heterocycles. The van der Waals surface area contributed by atoms with Crippen LogP contribution in [0.3, 0.4) is 0 Å². The first-order valence-corrected chi connectivity index (χ1v) is 7.80. The summed E-state index contributed by atoms with van der Waals surface area (Å²) in [7, 11) is 1.87. The van der Waals surface area contributed by atoms with Crippen LogP contribution >= 0.6 is 0 Å². The predicted octanol–water partition coefficient (Wildman–Crippen LogP) is 2.85. The number of hydrogen-bond acceptors (Lipinski definition) is 2. The lowest BCUT2D eigenvalue weighted by molar-refractivity contribution is -0.124. The summed E-state index contributed by atoms with van der Waals surface area (Å²) in [6, 6.07) is 8.24. The van der Waals surface area contributed by atoms with Crippen molar-refractivity contribution in [3.05, 3.63) is 53.1 Å². The van der Waals surface area contributed by atoms with Crippen LogP contribution in [0, 0.1) is 18.2 Å². The van der Waals surface area contributed by atoms with Gasteiger partial charge in [0.05, 0.1) is 23.3 Å². The third kappa shape index (κ3) is 2.54. The second-order valence-electron chi connectivity index (χ2n) is 7.06. The van der Waals surface area contributed by atoms with Gasteiger partial charge in [0.1, 0.15) is 5.82 Å². The molecule has 1 aromatic carbocycles. The number of rotatable bonds is 4. The quantitative estimate of drug-likeness (QED) is 0.943. The zero-order valence-corrected chi connectivity index (χ0v) is 14.0. The van der Waals surface area contributed by atoms with Gasteiger partial charge in [-0.2, -0.15) is 5.10 Å². The van der Waals surface area contributed by atoms with Gasteiger partial charge in [-0.1, -0.05) is 26.0 Å². The zero-order chi connectivity index (χ0) is 16.8. The van der Waals surface area contributed by atoms with Crippen molar-refractivity contribution in [1.29, 1.82) is 0 Å². The zero-order valence-electron chi connectivity index (χ0n) is 14.0. The Balaban J connectivity index is 1.81. The number of halogens is 1. The maximum atomic E-state index is 13.2. The highest BCUT2D eigenvalue weighted by Crippen LogP contribution is 2.64. The molecule has 1 aliphatic carbocycles. The van der Waals surface area contributed by atoms with Crippen molar-refractivity contribution in [2.45, 2.75) is 39.2 Å². The highest BCUT2D eigenvalue weighted by molar-refractivity contribution is 5.93. The molecule has 5 heteroatoms. The van der Waals surface area contributed by atoms with Crippen LogP contribution in [-0.2, 0) is 23.8 Å². The van der Waals surface area contributed by atoms with Gasteiger partial charge in [0.25, 0.3) is 0 Å². The topological polar surface area (TPSA) is 46.9 Å². The molecule has 1 atom stereocenters. The number of amides is 1. The fourth-order valence-electron chi connectivity index (χ4n) is 3.52. The first-order chi connectivity index (χ1) is 10.8. The Kier molecular flexibility index (Phi) is 3.54. The summed E-state index contributed by atoms with van der Waals surface area (Å²) in [5.41, 5.74) is 2.06. The largest absolute Gasteiger partial charge is 0.350 e. The Labute approximate surface area is 135 Å². The van der Waals surface area contributed by atoms with E-state index in [1.54, 1.807) is 16.8 Å². The van der Waals surface area contributed by atoms with E-state index >= 15 is 0 Å². The molecule has 1 heterocycles. The standard InChI is InChI=1S/C18H22FN3O/c1-12-9-15(22(4)21-12)10-20-16(23)18(11-17(18,2)3)13-5-7-14(19)8-6-13/h5-9H,10-11H2,1-4H3,(H,20,23)/t18-/m0/s1. The maximum Gasteiger partial charge on any atom is 0.231 e. The van der Waals surface area contributed by atoms with Crippen LogP contribution in [0.5, 0.6) is 0 Å². The van der Waals surface area contributed by atoms with E-state index in [9.17, 15) is 9.18 Å². The fraction of sp³-hybridized carbons (Fsp3) is 0.444. The first-order valence-electron chi connectivity index (χ1n) is 7.80. The predicted molar refractivity (Wildman–Crippen MR) is 86.3 cm³/mol. The molecule has 0 spiro atoms. The van der Waals surface area contributed by atoms with Crippen molar-refractivity contribution >= 4 is 5.91 Å². The lowest BCUT2D eigenvalue weighted by Gasteiger charge is -2.20. The number of aryl methyl sites for hydroxylation is 2. The van der Waals surface area contributed by atoms with Gasteiger partial charge in [0.2, 0.25) is 5.91 Å². The van der Waals surface area contributed by atoms with Crippen molar-refractivity contribution in [2.24, 2.45) is 12.5 Å². The molecule has 1 fully saturated rings. The van der Waals surface area contributed by atoms with Crippen molar-refractivity contribution < 1.29 is 9.18 Å². The highest BCUT2D eigenvalue weighted by Gasteiger charge is 2.66. The summed E-state index contributed by atoms with van der Waals surface area (Å²) >= 11 is 0. The van der Waals surface area contributed by atoms with Crippen molar-refractivity contribution in [1.82, 2.24) is 15.1 Å². The van der Waals surface area contributed by atoms with E-state index in [4.69, 9.17) is 0 Å². The third-order valence-electron chi connectivity index (χ3n) is 4.99. The molecule has 1 saturated carbocycles. The minimum absolute atomic E-state index is 0.00652. The lowest BCUT2D eigenvalue weighted by Crippen LogP contribution is -2.37. The van der Waals surface area contributed by atoms with Gasteiger partial charge in [-0.25, -0.2) is 4.39 Å². The van der Waals surface area contributed by atoms with E-state index in [1.165, 1.54) is 12.1 Å². The minimum Gasteiger partial charge on any atom is -0.350 e. The third-order valence-corrected chi connectivity index (χ3v) is 4.99. The van der Waals surface area contributed by atoms with Crippen molar-refractivity contribution in [2.75, 3.05) is 0 Å². The fourth-order valence-corrected chi connectivity index (χ4v) is 3.52. The minimum atomic E-state index is -0.575. The summed E-state index contributed by atoms with van der Waals surface area (Å²) in [4.78, 5) is 12.9. The Morgan fingerprint density at radius 3 is 2.43 bits per heavy atom. The summed E-state index contributed by atoms with van der Waals surface area (Å²) < 4.78 is 15.0. The van der Waals surface area contributed by atoms with E-state index in [-0.39, 0.29) is 17.1 Å². The van der Waals surface area contributed by atoms with E-state index in [1.807, 2.05) is 20.0 Å². The normalized spacial score (nSPS) is 22.0. The summed E-state index contributed by atoms with van der Waals surface area (Å²) in [5.74, 6) is -0.291. The van der Waals surface area contributed by atoms with Crippen LogP contribution in [0.25, 0.3) is 0 Å². The van der Waals surface area contributed by atoms with Gasteiger partial charge in [-0.3, -0.25) is 9.48 Å². The molecule has 0 bridgehead atoms.